The zero-order valence-electron chi connectivity index (χ0n) is 16.1. The molecule has 7 heteroatoms. The van der Waals surface area contributed by atoms with Crippen molar-refractivity contribution >= 4 is 40.1 Å². The zero-order chi connectivity index (χ0) is 20.2. The normalized spacial score (nSPS) is 14.9. The second kappa shape index (κ2) is 8.66. The van der Waals surface area contributed by atoms with Crippen LogP contribution in [0, 0.1) is 5.92 Å². The summed E-state index contributed by atoms with van der Waals surface area (Å²) in [5, 5.41) is 4.54. The van der Waals surface area contributed by atoms with Crippen LogP contribution in [0.1, 0.15) is 19.3 Å². The fraction of sp³-hybridized carbons (Fsp3) is 0.318. The van der Waals surface area contributed by atoms with E-state index in [1.54, 1.807) is 12.1 Å². The molecule has 3 aromatic rings. The van der Waals surface area contributed by atoms with E-state index in [1.165, 1.54) is 11.6 Å². The predicted octanol–water partition coefficient (Wildman–Crippen LogP) is 3.96. The molecular formula is C22H23ClN4O2. The largest absolute Gasteiger partial charge is 0.347 e. The minimum atomic E-state index is -0.107. The molecule has 1 aromatic carbocycles. The molecule has 1 N–H and O–H groups in total. The van der Waals surface area contributed by atoms with Crippen LogP contribution in [0.25, 0.3) is 10.9 Å². The predicted molar refractivity (Wildman–Crippen MR) is 114 cm³/mol. The van der Waals surface area contributed by atoms with Gasteiger partial charge in [0.05, 0.1) is 5.02 Å². The van der Waals surface area contributed by atoms with E-state index in [1.807, 2.05) is 23.2 Å². The lowest BCUT2D eigenvalue weighted by molar-refractivity contribution is -0.134. The topological polar surface area (TPSA) is 67.2 Å². The highest BCUT2D eigenvalue weighted by Crippen LogP contribution is 2.21. The highest BCUT2D eigenvalue weighted by atomic mass is 35.5. The van der Waals surface area contributed by atoms with Gasteiger partial charge in [-0.2, -0.15) is 0 Å². The van der Waals surface area contributed by atoms with Gasteiger partial charge >= 0.3 is 0 Å². The SMILES string of the molecule is O=C(Nc1ccc(Cl)cn1)C1CCN(C(=O)CCn2ccc3ccccc32)CC1. The Kier molecular flexibility index (Phi) is 5.81. The van der Waals surface area contributed by atoms with E-state index >= 15 is 0 Å². The van der Waals surface area contributed by atoms with Gasteiger partial charge in [-0.05, 0) is 42.5 Å². The maximum atomic E-state index is 12.6. The number of amides is 2. The van der Waals surface area contributed by atoms with Crippen LogP contribution in [0.5, 0.6) is 0 Å². The smallest absolute Gasteiger partial charge is 0.228 e. The highest BCUT2D eigenvalue weighted by Gasteiger charge is 2.27. The average Bonchev–Trinajstić information content (AvgIpc) is 3.17. The summed E-state index contributed by atoms with van der Waals surface area (Å²) >= 11 is 5.82. The number of carbonyl (C=O) groups is 2. The van der Waals surface area contributed by atoms with Gasteiger partial charge in [0.1, 0.15) is 5.82 Å². The first-order chi connectivity index (χ1) is 14.1. The molecule has 29 heavy (non-hydrogen) atoms. The molecule has 1 aliphatic heterocycles. The summed E-state index contributed by atoms with van der Waals surface area (Å²) in [6.45, 7) is 1.88. The molecule has 0 radical (unpaired) electrons. The number of aryl methyl sites for hydroxylation is 1. The molecule has 2 aromatic heterocycles. The molecule has 0 atom stereocenters. The zero-order valence-corrected chi connectivity index (χ0v) is 16.8. The van der Waals surface area contributed by atoms with Crippen molar-refractivity contribution in [3.63, 3.8) is 0 Å². The number of likely N-dealkylation sites (tertiary alicyclic amines) is 1. The quantitative estimate of drug-likeness (QED) is 0.692. The van der Waals surface area contributed by atoms with Crippen molar-refractivity contribution in [3.8, 4) is 0 Å². The van der Waals surface area contributed by atoms with Gasteiger partial charge in [0.25, 0.3) is 0 Å². The number of piperidine rings is 1. The van der Waals surface area contributed by atoms with Crippen molar-refractivity contribution in [1.82, 2.24) is 14.5 Å². The number of rotatable bonds is 5. The number of halogens is 1. The first-order valence-corrected chi connectivity index (χ1v) is 10.2. The van der Waals surface area contributed by atoms with Crippen molar-refractivity contribution in [1.29, 1.82) is 0 Å². The van der Waals surface area contributed by atoms with Gasteiger partial charge < -0.3 is 14.8 Å². The molecule has 4 rings (SSSR count). The molecule has 3 heterocycles. The fourth-order valence-corrected chi connectivity index (χ4v) is 3.89. The monoisotopic (exact) mass is 410 g/mol. The van der Waals surface area contributed by atoms with E-state index in [-0.39, 0.29) is 17.7 Å². The standard InChI is InChI=1S/C22H23ClN4O2/c23-18-5-6-20(24-15-18)25-22(29)17-8-12-27(13-9-17)21(28)10-14-26-11-7-16-3-1-2-4-19(16)26/h1-7,11,15,17H,8-10,12-14H2,(H,24,25,29). The highest BCUT2D eigenvalue weighted by molar-refractivity contribution is 6.30. The lowest BCUT2D eigenvalue weighted by atomic mass is 9.95. The minimum absolute atomic E-state index is 0.0502. The number of hydrogen-bond acceptors (Lipinski definition) is 3. The Balaban J connectivity index is 1.26. The summed E-state index contributed by atoms with van der Waals surface area (Å²) in [6, 6.07) is 13.6. The molecular weight excluding hydrogens is 388 g/mol. The van der Waals surface area contributed by atoms with Crippen LogP contribution in [0.15, 0.2) is 54.9 Å². The van der Waals surface area contributed by atoms with Crippen LogP contribution < -0.4 is 5.32 Å². The lowest BCUT2D eigenvalue weighted by Gasteiger charge is -2.31. The Morgan fingerprint density at radius 2 is 1.90 bits per heavy atom. The maximum Gasteiger partial charge on any atom is 0.228 e. The molecule has 0 aliphatic carbocycles. The third kappa shape index (κ3) is 4.59. The van der Waals surface area contributed by atoms with Crippen molar-refractivity contribution in [2.24, 2.45) is 5.92 Å². The number of hydrogen-bond donors (Lipinski definition) is 1. The first kappa shape index (κ1) is 19.5. The lowest BCUT2D eigenvalue weighted by Crippen LogP contribution is -2.41. The van der Waals surface area contributed by atoms with Crippen LogP contribution in [0.4, 0.5) is 5.82 Å². The van der Waals surface area contributed by atoms with Crippen LogP contribution in [0.3, 0.4) is 0 Å². The summed E-state index contributed by atoms with van der Waals surface area (Å²) < 4.78 is 2.12. The van der Waals surface area contributed by atoms with Gasteiger partial charge in [-0.25, -0.2) is 4.98 Å². The summed E-state index contributed by atoms with van der Waals surface area (Å²) in [4.78, 5) is 31.0. The van der Waals surface area contributed by atoms with Gasteiger partial charge in [-0.3, -0.25) is 9.59 Å². The molecule has 2 amide bonds. The van der Waals surface area contributed by atoms with E-state index in [0.717, 1.165) is 5.52 Å². The average molecular weight is 411 g/mol. The Morgan fingerprint density at radius 1 is 1.10 bits per heavy atom. The Labute approximate surface area is 174 Å². The third-order valence-electron chi connectivity index (χ3n) is 5.44. The molecule has 150 valence electrons. The summed E-state index contributed by atoms with van der Waals surface area (Å²) in [5.74, 6) is 0.480. The van der Waals surface area contributed by atoms with Crippen LogP contribution in [-0.4, -0.2) is 39.4 Å². The number of anilines is 1. The minimum Gasteiger partial charge on any atom is -0.347 e. The molecule has 0 bridgehead atoms. The van der Waals surface area contributed by atoms with Gasteiger partial charge in [-0.15, -0.1) is 0 Å². The number of nitrogens with zero attached hydrogens (tertiary/aromatic N) is 3. The number of fused-ring (bicyclic) bond motifs is 1. The number of carbonyl (C=O) groups excluding carboxylic acids is 2. The first-order valence-electron chi connectivity index (χ1n) is 9.84. The van der Waals surface area contributed by atoms with E-state index in [2.05, 4.69) is 33.1 Å². The molecule has 6 nitrogen and oxygen atoms in total. The van der Waals surface area contributed by atoms with Gasteiger partial charge in [0.2, 0.25) is 11.8 Å². The van der Waals surface area contributed by atoms with Crippen LogP contribution in [-0.2, 0) is 16.1 Å². The Bertz CT molecular complexity index is 1010. The molecule has 0 spiro atoms. The van der Waals surface area contributed by atoms with Gasteiger partial charge in [0.15, 0.2) is 0 Å². The molecule has 1 saturated heterocycles. The van der Waals surface area contributed by atoms with E-state index < -0.39 is 0 Å². The van der Waals surface area contributed by atoms with Crippen LogP contribution >= 0.6 is 11.6 Å². The molecule has 1 aliphatic rings. The number of para-hydroxylation sites is 1. The van der Waals surface area contributed by atoms with Crippen molar-refractivity contribution in [2.45, 2.75) is 25.8 Å². The van der Waals surface area contributed by atoms with Crippen molar-refractivity contribution < 1.29 is 9.59 Å². The van der Waals surface area contributed by atoms with E-state index in [0.29, 0.717) is 49.7 Å². The van der Waals surface area contributed by atoms with Crippen LogP contribution in [0.2, 0.25) is 5.02 Å². The van der Waals surface area contributed by atoms with Crippen molar-refractivity contribution in [3.05, 3.63) is 59.9 Å². The summed E-state index contributed by atoms with van der Waals surface area (Å²) in [5.41, 5.74) is 1.14. The maximum absolute atomic E-state index is 12.6. The number of nitrogens with one attached hydrogen (secondary N) is 1. The second-order valence-corrected chi connectivity index (χ2v) is 7.76. The van der Waals surface area contributed by atoms with E-state index in [9.17, 15) is 9.59 Å². The number of pyridine rings is 1. The second-order valence-electron chi connectivity index (χ2n) is 7.32. The number of aromatic nitrogens is 2. The fourth-order valence-electron chi connectivity index (χ4n) is 3.78. The summed E-state index contributed by atoms with van der Waals surface area (Å²) in [7, 11) is 0. The number of benzene rings is 1. The summed E-state index contributed by atoms with van der Waals surface area (Å²) in [6.07, 6.45) is 5.32. The van der Waals surface area contributed by atoms with Gasteiger partial charge in [-0.1, -0.05) is 29.8 Å². The van der Waals surface area contributed by atoms with E-state index in [4.69, 9.17) is 11.6 Å². The Morgan fingerprint density at radius 3 is 2.66 bits per heavy atom. The Hall–Kier alpha value is -2.86. The van der Waals surface area contributed by atoms with Crippen molar-refractivity contribution in [2.75, 3.05) is 18.4 Å². The third-order valence-corrected chi connectivity index (χ3v) is 5.67. The van der Waals surface area contributed by atoms with Gasteiger partial charge in [0, 0.05) is 49.9 Å². The molecule has 0 saturated carbocycles. The molecule has 1 fully saturated rings. The molecule has 0 unspecified atom stereocenters.